The Labute approximate surface area is 237 Å². The molecule has 4 rings (SSSR count). The number of nitrogens with zero attached hydrogens (tertiary/aromatic N) is 2. The number of fused-ring (bicyclic) bond motifs is 1. The van der Waals surface area contributed by atoms with E-state index in [1.165, 1.54) is 6.07 Å². The van der Waals surface area contributed by atoms with Gasteiger partial charge in [0.05, 0.1) is 32.7 Å². The standard InChI is InChI=1S/C26H28Cl2F5N5O2/c27-17-9-6-14(11-34)21(28)22(17)36-25-35-18-10-16(24(37-23(18)38-25)40-12-20(29)30)19(39)3-1-2-13-4-7-15(8-5-13)26(31,32)33/h6,9-10,13,15,20H,1-5,7-8,11-12,34H2,(H2,35,36,37,38). The summed E-state index contributed by atoms with van der Waals surface area (Å²) in [4.78, 5) is 24.5. The number of anilines is 2. The number of alkyl halides is 5. The highest BCUT2D eigenvalue weighted by atomic mass is 35.5. The first-order valence-corrected chi connectivity index (χ1v) is 13.6. The molecule has 7 nitrogen and oxygen atoms in total. The lowest BCUT2D eigenvalue weighted by atomic mass is 9.79. The van der Waals surface area contributed by atoms with Crippen molar-refractivity contribution in [2.75, 3.05) is 11.9 Å². The van der Waals surface area contributed by atoms with Crippen molar-refractivity contribution in [1.82, 2.24) is 15.0 Å². The zero-order chi connectivity index (χ0) is 29.0. The van der Waals surface area contributed by atoms with E-state index >= 15 is 0 Å². The average molecular weight is 608 g/mol. The number of carbonyl (C=O) groups excluding carboxylic acids is 1. The van der Waals surface area contributed by atoms with Crippen molar-refractivity contribution in [3.63, 3.8) is 0 Å². The number of ether oxygens (including phenoxy) is 1. The molecule has 0 atom stereocenters. The Kier molecular flexibility index (Phi) is 9.73. The van der Waals surface area contributed by atoms with Crippen molar-refractivity contribution in [3.05, 3.63) is 39.4 Å². The van der Waals surface area contributed by atoms with Gasteiger partial charge in [-0.05, 0) is 55.7 Å². The van der Waals surface area contributed by atoms with Gasteiger partial charge in [-0.1, -0.05) is 35.7 Å². The van der Waals surface area contributed by atoms with E-state index in [-0.39, 0.29) is 60.5 Å². The molecule has 1 aliphatic carbocycles. The summed E-state index contributed by atoms with van der Waals surface area (Å²) in [5.74, 6) is -1.63. The fourth-order valence-electron chi connectivity index (χ4n) is 4.89. The number of aromatic amines is 1. The van der Waals surface area contributed by atoms with Crippen molar-refractivity contribution < 1.29 is 31.5 Å². The Morgan fingerprint density at radius 1 is 1.18 bits per heavy atom. The lowest BCUT2D eigenvalue weighted by Crippen LogP contribution is -2.27. The minimum Gasteiger partial charge on any atom is -0.471 e. The van der Waals surface area contributed by atoms with E-state index in [2.05, 4.69) is 20.3 Å². The number of nitrogens with one attached hydrogen (secondary N) is 2. The number of benzene rings is 1. The van der Waals surface area contributed by atoms with Gasteiger partial charge < -0.3 is 20.8 Å². The highest BCUT2D eigenvalue weighted by Gasteiger charge is 2.41. The van der Waals surface area contributed by atoms with E-state index in [9.17, 15) is 26.7 Å². The summed E-state index contributed by atoms with van der Waals surface area (Å²) in [5.41, 5.74) is 7.14. The van der Waals surface area contributed by atoms with Crippen molar-refractivity contribution >= 4 is 51.8 Å². The lowest BCUT2D eigenvalue weighted by Gasteiger charge is -2.29. The van der Waals surface area contributed by atoms with Gasteiger partial charge in [0.2, 0.25) is 11.8 Å². The molecule has 1 aliphatic rings. The van der Waals surface area contributed by atoms with Crippen molar-refractivity contribution in [2.24, 2.45) is 17.6 Å². The first-order chi connectivity index (χ1) is 19.0. The molecule has 0 amide bonds. The van der Waals surface area contributed by atoms with Gasteiger partial charge in [0.1, 0.15) is 0 Å². The summed E-state index contributed by atoms with van der Waals surface area (Å²) in [6, 6.07) is 4.74. The first-order valence-electron chi connectivity index (χ1n) is 12.8. The second kappa shape index (κ2) is 12.9. The summed E-state index contributed by atoms with van der Waals surface area (Å²) in [6.45, 7) is -0.786. The van der Waals surface area contributed by atoms with Gasteiger partial charge in [-0.2, -0.15) is 23.1 Å². The SMILES string of the molecule is NCc1ccc(Cl)c(Nc2nc3nc(OCC(F)F)c(C(=O)CCCC4CCC(C(F)(F)F)CC4)cc3[nH]2)c1Cl. The van der Waals surface area contributed by atoms with Crippen LogP contribution in [0.5, 0.6) is 5.88 Å². The van der Waals surface area contributed by atoms with Crippen LogP contribution in [-0.2, 0) is 6.54 Å². The molecular formula is C26H28Cl2F5N5O2. The van der Waals surface area contributed by atoms with E-state index in [0.29, 0.717) is 52.5 Å². The molecule has 14 heteroatoms. The molecule has 0 unspecified atom stereocenters. The molecule has 0 saturated heterocycles. The number of halogens is 7. The maximum absolute atomic E-state index is 13.1. The Morgan fingerprint density at radius 2 is 1.90 bits per heavy atom. The summed E-state index contributed by atoms with van der Waals surface area (Å²) in [7, 11) is 0. The first kappa shape index (κ1) is 30.3. The Balaban J connectivity index is 1.48. The molecule has 1 aromatic carbocycles. The number of ketones is 1. The molecule has 0 spiro atoms. The van der Waals surface area contributed by atoms with Crippen LogP contribution in [0, 0.1) is 11.8 Å². The fraction of sp³-hybridized carbons (Fsp3) is 0.500. The minimum atomic E-state index is -4.17. The summed E-state index contributed by atoms with van der Waals surface area (Å²) < 4.78 is 69.7. The molecule has 0 bridgehead atoms. The second-order valence-corrected chi connectivity index (χ2v) is 10.6. The van der Waals surface area contributed by atoms with Gasteiger partial charge in [0, 0.05) is 13.0 Å². The van der Waals surface area contributed by atoms with Gasteiger partial charge in [0.15, 0.2) is 18.0 Å². The Bertz CT molecular complexity index is 1340. The smallest absolute Gasteiger partial charge is 0.391 e. The number of rotatable bonds is 11. The monoisotopic (exact) mass is 607 g/mol. The number of hydrogen-bond acceptors (Lipinski definition) is 6. The molecule has 3 aromatic rings. The van der Waals surface area contributed by atoms with Crippen LogP contribution in [0.1, 0.15) is 60.9 Å². The van der Waals surface area contributed by atoms with E-state index < -0.39 is 25.1 Å². The van der Waals surface area contributed by atoms with Gasteiger partial charge in [0.25, 0.3) is 6.43 Å². The van der Waals surface area contributed by atoms with Gasteiger partial charge in [-0.3, -0.25) is 4.79 Å². The van der Waals surface area contributed by atoms with Crippen LogP contribution < -0.4 is 15.8 Å². The number of hydrogen-bond donors (Lipinski definition) is 3. The quantitative estimate of drug-likeness (QED) is 0.151. The molecule has 0 radical (unpaired) electrons. The van der Waals surface area contributed by atoms with Gasteiger partial charge >= 0.3 is 6.18 Å². The van der Waals surface area contributed by atoms with Gasteiger partial charge in [-0.15, -0.1) is 0 Å². The largest absolute Gasteiger partial charge is 0.471 e. The molecule has 4 N–H and O–H groups in total. The third-order valence-corrected chi connectivity index (χ3v) is 7.79. The zero-order valence-corrected chi connectivity index (χ0v) is 22.8. The second-order valence-electron chi connectivity index (χ2n) is 9.80. The number of Topliss-reactive ketones (excluding diaryl/α,β-unsaturated/α-hetero) is 1. The maximum atomic E-state index is 13.1. The van der Waals surface area contributed by atoms with E-state index in [0.717, 1.165) is 0 Å². The van der Waals surface area contributed by atoms with Crippen LogP contribution >= 0.6 is 23.2 Å². The molecule has 2 aromatic heterocycles. The van der Waals surface area contributed by atoms with E-state index in [4.69, 9.17) is 33.7 Å². The van der Waals surface area contributed by atoms with Crippen molar-refractivity contribution in [2.45, 2.75) is 64.1 Å². The molecule has 40 heavy (non-hydrogen) atoms. The highest BCUT2D eigenvalue weighted by Crippen LogP contribution is 2.41. The predicted molar refractivity (Wildman–Crippen MR) is 143 cm³/mol. The topological polar surface area (TPSA) is 106 Å². The number of carbonyl (C=O) groups is 1. The number of nitrogens with two attached hydrogens (primary N) is 1. The number of H-pyrrole nitrogens is 1. The van der Waals surface area contributed by atoms with Gasteiger partial charge in [-0.25, -0.2) is 8.78 Å². The number of imidazole rings is 1. The van der Waals surface area contributed by atoms with Crippen LogP contribution in [-0.4, -0.2) is 39.9 Å². The van der Waals surface area contributed by atoms with Crippen LogP contribution in [0.15, 0.2) is 18.2 Å². The molecular weight excluding hydrogens is 580 g/mol. The van der Waals surface area contributed by atoms with Crippen molar-refractivity contribution in [3.8, 4) is 5.88 Å². The number of pyridine rings is 1. The summed E-state index contributed by atoms with van der Waals surface area (Å²) in [5, 5.41) is 3.57. The lowest BCUT2D eigenvalue weighted by molar-refractivity contribution is -0.184. The zero-order valence-electron chi connectivity index (χ0n) is 21.3. The van der Waals surface area contributed by atoms with Crippen LogP contribution in [0.25, 0.3) is 11.2 Å². The Morgan fingerprint density at radius 3 is 2.55 bits per heavy atom. The minimum absolute atomic E-state index is 0.00493. The molecule has 1 fully saturated rings. The normalized spacial score (nSPS) is 17.9. The predicted octanol–water partition coefficient (Wildman–Crippen LogP) is 7.83. The summed E-state index contributed by atoms with van der Waals surface area (Å²) >= 11 is 12.7. The highest BCUT2D eigenvalue weighted by molar-refractivity contribution is 6.39. The third-order valence-electron chi connectivity index (χ3n) is 7.04. The van der Waals surface area contributed by atoms with Crippen LogP contribution in [0.3, 0.4) is 0 Å². The molecule has 2 heterocycles. The molecule has 1 saturated carbocycles. The van der Waals surface area contributed by atoms with Crippen molar-refractivity contribution in [1.29, 1.82) is 0 Å². The average Bonchev–Trinajstić information content (AvgIpc) is 3.30. The fourth-order valence-corrected chi connectivity index (χ4v) is 5.43. The maximum Gasteiger partial charge on any atom is 0.391 e. The molecule has 218 valence electrons. The Hall–Kier alpha value is -2.70. The van der Waals surface area contributed by atoms with E-state index in [1.807, 2.05) is 0 Å². The van der Waals surface area contributed by atoms with Crippen LogP contribution in [0.2, 0.25) is 10.0 Å². The summed E-state index contributed by atoms with van der Waals surface area (Å²) in [6.07, 6.45) is -4.75. The number of aromatic nitrogens is 3. The third kappa shape index (κ3) is 7.32. The molecule has 0 aliphatic heterocycles. The van der Waals surface area contributed by atoms with Crippen LogP contribution in [0.4, 0.5) is 33.6 Å². The van der Waals surface area contributed by atoms with E-state index in [1.54, 1.807) is 12.1 Å².